The van der Waals surface area contributed by atoms with Crippen molar-refractivity contribution in [3.63, 3.8) is 0 Å². The van der Waals surface area contributed by atoms with E-state index in [1.54, 1.807) is 0 Å². The SMILES string of the molecule is Cc1c[c]cc(C)c1-n1c(C)ccc1C. The summed E-state index contributed by atoms with van der Waals surface area (Å²) in [6.45, 7) is 8.56. The molecule has 0 saturated carbocycles. The molecule has 0 amide bonds. The number of aromatic nitrogens is 1. The zero-order valence-corrected chi connectivity index (χ0v) is 9.76. The van der Waals surface area contributed by atoms with Crippen molar-refractivity contribution in [2.75, 3.05) is 0 Å². The van der Waals surface area contributed by atoms with Gasteiger partial charge in [-0.05, 0) is 69.2 Å². The lowest BCUT2D eigenvalue weighted by Crippen LogP contribution is -2.03. The number of rotatable bonds is 1. The average molecular weight is 198 g/mol. The summed E-state index contributed by atoms with van der Waals surface area (Å²) in [4.78, 5) is 0. The summed E-state index contributed by atoms with van der Waals surface area (Å²) in [6, 6.07) is 11.6. The van der Waals surface area contributed by atoms with Crippen LogP contribution in [0, 0.1) is 33.8 Å². The molecule has 1 aromatic carbocycles. The topological polar surface area (TPSA) is 4.93 Å². The van der Waals surface area contributed by atoms with Crippen LogP contribution in [0.15, 0.2) is 24.3 Å². The smallest absolute Gasteiger partial charge is 0.0513 e. The average Bonchev–Trinajstić information content (AvgIpc) is 2.49. The summed E-state index contributed by atoms with van der Waals surface area (Å²) in [5.41, 5.74) is 6.42. The third-order valence-electron chi connectivity index (χ3n) is 2.84. The van der Waals surface area contributed by atoms with Crippen molar-refractivity contribution in [3.05, 3.63) is 52.8 Å². The molecule has 1 radical (unpaired) electrons. The summed E-state index contributed by atoms with van der Waals surface area (Å²) in [7, 11) is 0. The number of benzene rings is 1. The van der Waals surface area contributed by atoms with E-state index in [1.807, 2.05) is 12.1 Å². The van der Waals surface area contributed by atoms with Crippen molar-refractivity contribution in [1.82, 2.24) is 4.57 Å². The predicted octanol–water partition coefficient (Wildman–Crippen LogP) is 3.51. The molecule has 0 unspecified atom stereocenters. The van der Waals surface area contributed by atoms with E-state index in [2.05, 4.69) is 50.5 Å². The third kappa shape index (κ3) is 1.58. The lowest BCUT2D eigenvalue weighted by atomic mass is 10.1. The Hall–Kier alpha value is -1.50. The molecule has 1 aromatic heterocycles. The van der Waals surface area contributed by atoms with Gasteiger partial charge in [-0.1, -0.05) is 0 Å². The van der Waals surface area contributed by atoms with Gasteiger partial charge in [-0.15, -0.1) is 0 Å². The van der Waals surface area contributed by atoms with Gasteiger partial charge in [0.25, 0.3) is 0 Å². The highest BCUT2D eigenvalue weighted by Gasteiger charge is 2.08. The first-order valence-electron chi connectivity index (χ1n) is 5.24. The lowest BCUT2D eigenvalue weighted by Gasteiger charge is -2.15. The maximum absolute atomic E-state index is 3.16. The quantitative estimate of drug-likeness (QED) is 0.660. The summed E-state index contributed by atoms with van der Waals surface area (Å²) >= 11 is 0. The summed E-state index contributed by atoms with van der Waals surface area (Å²) in [5.74, 6) is 0. The molecule has 1 heteroatoms. The van der Waals surface area contributed by atoms with E-state index in [4.69, 9.17) is 0 Å². The second-order valence-corrected chi connectivity index (χ2v) is 4.12. The summed E-state index contributed by atoms with van der Waals surface area (Å²) in [5, 5.41) is 0. The van der Waals surface area contributed by atoms with Crippen molar-refractivity contribution in [3.8, 4) is 5.69 Å². The van der Waals surface area contributed by atoms with Crippen LogP contribution in [0.3, 0.4) is 0 Å². The number of hydrogen-bond acceptors (Lipinski definition) is 0. The van der Waals surface area contributed by atoms with Crippen LogP contribution in [0.2, 0.25) is 0 Å². The van der Waals surface area contributed by atoms with E-state index in [1.165, 1.54) is 28.2 Å². The van der Waals surface area contributed by atoms with E-state index < -0.39 is 0 Å². The van der Waals surface area contributed by atoms with Crippen LogP contribution in [0.1, 0.15) is 22.5 Å². The Morgan fingerprint density at radius 3 is 1.80 bits per heavy atom. The van der Waals surface area contributed by atoms with Crippen LogP contribution < -0.4 is 0 Å². The second-order valence-electron chi connectivity index (χ2n) is 4.12. The van der Waals surface area contributed by atoms with Crippen molar-refractivity contribution < 1.29 is 0 Å². The highest BCUT2D eigenvalue weighted by Crippen LogP contribution is 2.22. The first kappa shape index (κ1) is 10.0. The van der Waals surface area contributed by atoms with E-state index in [0.29, 0.717) is 0 Å². The van der Waals surface area contributed by atoms with Crippen molar-refractivity contribution >= 4 is 0 Å². The van der Waals surface area contributed by atoms with Gasteiger partial charge in [0, 0.05) is 11.4 Å². The molecule has 0 aliphatic rings. The Balaban J connectivity index is 2.74. The van der Waals surface area contributed by atoms with Crippen LogP contribution in [0.5, 0.6) is 0 Å². The molecule has 0 aliphatic heterocycles. The maximum atomic E-state index is 3.16. The van der Waals surface area contributed by atoms with Gasteiger partial charge in [-0.25, -0.2) is 0 Å². The van der Waals surface area contributed by atoms with E-state index in [-0.39, 0.29) is 0 Å². The molecule has 0 fully saturated rings. The summed E-state index contributed by atoms with van der Waals surface area (Å²) in [6.07, 6.45) is 0. The van der Waals surface area contributed by atoms with Gasteiger partial charge in [0.05, 0.1) is 5.69 Å². The largest absolute Gasteiger partial charge is 0.318 e. The van der Waals surface area contributed by atoms with Gasteiger partial charge in [0.15, 0.2) is 0 Å². The third-order valence-corrected chi connectivity index (χ3v) is 2.84. The highest BCUT2D eigenvalue weighted by molar-refractivity contribution is 5.49. The first-order chi connectivity index (χ1) is 7.11. The number of nitrogens with zero attached hydrogens (tertiary/aromatic N) is 1. The monoisotopic (exact) mass is 198 g/mol. The van der Waals surface area contributed by atoms with Crippen LogP contribution in [-0.2, 0) is 0 Å². The van der Waals surface area contributed by atoms with Gasteiger partial charge in [-0.3, -0.25) is 0 Å². The Kier molecular flexibility index (Phi) is 2.39. The van der Waals surface area contributed by atoms with E-state index >= 15 is 0 Å². The van der Waals surface area contributed by atoms with Crippen molar-refractivity contribution in [2.45, 2.75) is 27.7 Å². The zero-order valence-electron chi connectivity index (χ0n) is 9.76. The number of aryl methyl sites for hydroxylation is 4. The van der Waals surface area contributed by atoms with Crippen molar-refractivity contribution in [2.24, 2.45) is 0 Å². The van der Waals surface area contributed by atoms with Crippen LogP contribution in [0.4, 0.5) is 0 Å². The molecular weight excluding hydrogens is 182 g/mol. The second kappa shape index (κ2) is 3.58. The van der Waals surface area contributed by atoms with Crippen LogP contribution >= 0.6 is 0 Å². The predicted molar refractivity (Wildman–Crippen MR) is 63.6 cm³/mol. The Morgan fingerprint density at radius 2 is 1.33 bits per heavy atom. The van der Waals surface area contributed by atoms with E-state index in [0.717, 1.165) is 0 Å². The van der Waals surface area contributed by atoms with Gasteiger partial charge in [-0.2, -0.15) is 0 Å². The van der Waals surface area contributed by atoms with Gasteiger partial charge >= 0.3 is 0 Å². The Bertz CT molecular complexity index is 452. The fraction of sp³-hybridized carbons (Fsp3) is 0.286. The molecule has 0 spiro atoms. The molecule has 1 nitrogen and oxygen atoms in total. The lowest BCUT2D eigenvalue weighted by molar-refractivity contribution is 0.944. The minimum Gasteiger partial charge on any atom is -0.318 e. The van der Waals surface area contributed by atoms with Crippen LogP contribution in [0.25, 0.3) is 5.69 Å². The maximum Gasteiger partial charge on any atom is 0.0513 e. The summed E-state index contributed by atoms with van der Waals surface area (Å²) < 4.78 is 2.30. The highest BCUT2D eigenvalue weighted by atomic mass is 15.0. The van der Waals surface area contributed by atoms with Gasteiger partial charge in [0.2, 0.25) is 0 Å². The molecular formula is C14H16N. The Labute approximate surface area is 91.4 Å². The first-order valence-corrected chi connectivity index (χ1v) is 5.24. The molecule has 2 rings (SSSR count). The molecule has 0 aliphatic carbocycles. The minimum atomic E-state index is 1.28. The Morgan fingerprint density at radius 1 is 0.867 bits per heavy atom. The molecule has 0 bridgehead atoms. The van der Waals surface area contributed by atoms with Gasteiger partial charge < -0.3 is 4.57 Å². The molecule has 0 N–H and O–H groups in total. The normalized spacial score (nSPS) is 10.7. The van der Waals surface area contributed by atoms with Crippen LogP contribution in [-0.4, -0.2) is 4.57 Å². The fourth-order valence-electron chi connectivity index (χ4n) is 2.11. The van der Waals surface area contributed by atoms with Crippen molar-refractivity contribution in [1.29, 1.82) is 0 Å². The van der Waals surface area contributed by atoms with Gasteiger partial charge in [0.1, 0.15) is 0 Å². The van der Waals surface area contributed by atoms with E-state index in [9.17, 15) is 0 Å². The minimum absolute atomic E-state index is 1.28. The fourth-order valence-corrected chi connectivity index (χ4v) is 2.11. The standard InChI is InChI=1S/C14H16N/c1-10-6-5-7-11(2)14(10)15-12(3)8-9-13(15)4/h6-9H,1-4H3. The molecule has 0 atom stereocenters. The molecule has 15 heavy (non-hydrogen) atoms. The number of hydrogen-bond donors (Lipinski definition) is 0. The zero-order chi connectivity index (χ0) is 11.0. The molecule has 0 saturated heterocycles. The molecule has 77 valence electrons. The molecule has 1 heterocycles. The molecule has 2 aromatic rings.